The number of rotatable bonds is 8. The van der Waals surface area contributed by atoms with Crippen molar-refractivity contribution >= 4 is 51.3 Å². The Kier molecular flexibility index (Phi) is 7.65. The maximum Gasteiger partial charge on any atom is 0.335 e. The van der Waals surface area contributed by atoms with E-state index >= 15 is 0 Å². The predicted molar refractivity (Wildman–Crippen MR) is 155 cm³/mol. The molecule has 1 amide bonds. The molecule has 1 N–H and O–H groups in total. The summed E-state index contributed by atoms with van der Waals surface area (Å²) >= 11 is 1.28. The zero-order valence-corrected chi connectivity index (χ0v) is 22.3. The molecule has 0 spiro atoms. The standard InChI is InChI=1S/C31H26N2O5S/c1-3-33-29(34)28(39-31(33)32-24-14-12-22(13-15-24)30(35)36)18-20-11-16-26(27(17-20)37-2)38-19-23-9-6-8-21-7-4-5-10-25(21)23/h4-18H,3,19H2,1-2H3,(H,35,36). The number of carbonyl (C=O) groups is 2. The van der Waals surface area contributed by atoms with Crippen molar-refractivity contribution in [3.05, 3.63) is 107 Å². The lowest BCUT2D eigenvalue weighted by molar-refractivity contribution is -0.122. The molecule has 1 fully saturated rings. The van der Waals surface area contributed by atoms with E-state index in [0.29, 0.717) is 40.4 Å². The molecule has 1 saturated heterocycles. The zero-order chi connectivity index (χ0) is 27.4. The molecule has 1 aliphatic rings. The van der Waals surface area contributed by atoms with E-state index in [0.717, 1.165) is 21.9 Å². The molecule has 8 heteroatoms. The van der Waals surface area contributed by atoms with E-state index < -0.39 is 5.97 Å². The van der Waals surface area contributed by atoms with Crippen molar-refractivity contribution in [3.63, 3.8) is 0 Å². The van der Waals surface area contributed by atoms with Crippen molar-refractivity contribution in [3.8, 4) is 11.5 Å². The Morgan fingerprint density at radius 2 is 1.77 bits per heavy atom. The number of amidine groups is 1. The van der Waals surface area contributed by atoms with Gasteiger partial charge in [-0.3, -0.25) is 9.69 Å². The van der Waals surface area contributed by atoms with Crippen LogP contribution >= 0.6 is 11.8 Å². The number of fused-ring (bicyclic) bond motifs is 1. The normalized spacial score (nSPS) is 15.3. The van der Waals surface area contributed by atoms with Crippen molar-refractivity contribution in [1.29, 1.82) is 0 Å². The maximum absolute atomic E-state index is 13.1. The van der Waals surface area contributed by atoms with Crippen LogP contribution in [-0.2, 0) is 11.4 Å². The number of methoxy groups -OCH3 is 1. The average Bonchev–Trinajstić information content (AvgIpc) is 3.25. The third-order valence-corrected chi connectivity index (χ3v) is 7.30. The number of carboxylic acids is 1. The van der Waals surface area contributed by atoms with E-state index in [4.69, 9.17) is 14.6 Å². The predicted octanol–water partition coefficient (Wildman–Crippen LogP) is 6.75. The van der Waals surface area contributed by atoms with Gasteiger partial charge in [-0.05, 0) is 83.1 Å². The summed E-state index contributed by atoms with van der Waals surface area (Å²) in [5.74, 6) is 0.0408. The van der Waals surface area contributed by atoms with Crippen LogP contribution in [0.1, 0.15) is 28.4 Å². The highest BCUT2D eigenvalue weighted by atomic mass is 32.2. The molecule has 39 heavy (non-hydrogen) atoms. The largest absolute Gasteiger partial charge is 0.493 e. The van der Waals surface area contributed by atoms with Crippen LogP contribution in [0.3, 0.4) is 0 Å². The first-order valence-corrected chi connectivity index (χ1v) is 13.2. The number of thioether (sulfide) groups is 1. The number of amides is 1. The first-order valence-electron chi connectivity index (χ1n) is 12.4. The smallest absolute Gasteiger partial charge is 0.335 e. The minimum absolute atomic E-state index is 0.140. The van der Waals surface area contributed by atoms with Gasteiger partial charge in [0.15, 0.2) is 16.7 Å². The van der Waals surface area contributed by atoms with Gasteiger partial charge in [0, 0.05) is 6.54 Å². The molecule has 0 radical (unpaired) electrons. The summed E-state index contributed by atoms with van der Waals surface area (Å²) in [6.45, 7) is 2.74. The first kappa shape index (κ1) is 26.1. The van der Waals surface area contributed by atoms with Crippen LogP contribution in [0, 0.1) is 0 Å². The third-order valence-electron chi connectivity index (χ3n) is 6.29. The Bertz CT molecular complexity index is 1610. The number of carbonyl (C=O) groups excluding carboxylic acids is 1. The quantitative estimate of drug-likeness (QED) is 0.250. The molecule has 4 aromatic carbocycles. The number of benzene rings is 4. The van der Waals surface area contributed by atoms with Crippen molar-refractivity contribution < 1.29 is 24.2 Å². The molecule has 0 unspecified atom stereocenters. The third kappa shape index (κ3) is 5.66. The summed E-state index contributed by atoms with van der Waals surface area (Å²) in [5, 5.41) is 12.0. The molecule has 196 valence electrons. The fourth-order valence-corrected chi connectivity index (χ4v) is 5.34. The van der Waals surface area contributed by atoms with Gasteiger partial charge in [0.1, 0.15) is 6.61 Å². The fourth-order valence-electron chi connectivity index (χ4n) is 4.28. The topological polar surface area (TPSA) is 88.4 Å². The molecule has 0 saturated carbocycles. The Hall–Kier alpha value is -4.56. The molecule has 0 aliphatic carbocycles. The van der Waals surface area contributed by atoms with Crippen LogP contribution in [0.5, 0.6) is 11.5 Å². The summed E-state index contributed by atoms with van der Waals surface area (Å²) in [6.07, 6.45) is 1.81. The minimum atomic E-state index is -1.000. The number of ether oxygens (including phenoxy) is 2. The van der Waals surface area contributed by atoms with Gasteiger partial charge in [-0.25, -0.2) is 9.79 Å². The van der Waals surface area contributed by atoms with Gasteiger partial charge >= 0.3 is 5.97 Å². The highest BCUT2D eigenvalue weighted by molar-refractivity contribution is 8.18. The van der Waals surface area contributed by atoms with Crippen LogP contribution in [0.2, 0.25) is 0 Å². The molecular formula is C31H26N2O5S. The van der Waals surface area contributed by atoms with Crippen molar-refractivity contribution in [2.75, 3.05) is 13.7 Å². The summed E-state index contributed by atoms with van der Waals surface area (Å²) < 4.78 is 11.7. The van der Waals surface area contributed by atoms with E-state index in [1.807, 2.05) is 49.4 Å². The number of likely N-dealkylation sites (N-methyl/N-ethyl adjacent to an activating group) is 1. The number of hydrogen-bond acceptors (Lipinski definition) is 6. The second-order valence-corrected chi connectivity index (χ2v) is 9.75. The Morgan fingerprint density at radius 3 is 2.51 bits per heavy atom. The molecule has 0 atom stereocenters. The molecule has 5 rings (SSSR count). The number of carboxylic acid groups (broad SMARTS) is 1. The number of aliphatic imine (C=N–C) groups is 1. The lowest BCUT2D eigenvalue weighted by atomic mass is 10.1. The van der Waals surface area contributed by atoms with Gasteiger partial charge in [-0.15, -0.1) is 0 Å². The second kappa shape index (κ2) is 11.4. The number of aromatic carboxylic acids is 1. The van der Waals surface area contributed by atoms with E-state index in [2.05, 4.69) is 29.3 Å². The summed E-state index contributed by atoms with van der Waals surface area (Å²) in [4.78, 5) is 30.9. The van der Waals surface area contributed by atoms with Crippen molar-refractivity contribution in [2.45, 2.75) is 13.5 Å². The van der Waals surface area contributed by atoms with Crippen LogP contribution in [0.15, 0.2) is 94.8 Å². The van der Waals surface area contributed by atoms with E-state index in [1.54, 1.807) is 24.1 Å². The first-order chi connectivity index (χ1) is 19.0. The lowest BCUT2D eigenvalue weighted by Gasteiger charge is -2.13. The van der Waals surface area contributed by atoms with Crippen LogP contribution in [0.4, 0.5) is 5.69 Å². The van der Waals surface area contributed by atoms with E-state index in [9.17, 15) is 9.59 Å². The Labute approximate surface area is 230 Å². The summed E-state index contributed by atoms with van der Waals surface area (Å²) in [5.41, 5.74) is 2.63. The lowest BCUT2D eigenvalue weighted by Crippen LogP contribution is -2.28. The van der Waals surface area contributed by atoms with Crippen LogP contribution < -0.4 is 9.47 Å². The molecule has 7 nitrogen and oxygen atoms in total. The van der Waals surface area contributed by atoms with Gasteiger partial charge in [0.05, 0.1) is 23.3 Å². The molecule has 1 heterocycles. The molecule has 0 bridgehead atoms. The number of nitrogens with zero attached hydrogens (tertiary/aromatic N) is 2. The fraction of sp³-hybridized carbons (Fsp3) is 0.129. The Morgan fingerprint density at radius 1 is 1.00 bits per heavy atom. The monoisotopic (exact) mass is 538 g/mol. The molecule has 0 aromatic heterocycles. The summed E-state index contributed by atoms with van der Waals surface area (Å²) in [6, 6.07) is 26.1. The molecule has 1 aliphatic heterocycles. The van der Waals surface area contributed by atoms with E-state index in [-0.39, 0.29) is 11.5 Å². The van der Waals surface area contributed by atoms with E-state index in [1.165, 1.54) is 23.9 Å². The SMILES string of the molecule is CCN1C(=O)C(=Cc2ccc(OCc3cccc4ccccc34)c(OC)c2)SC1=Nc1ccc(C(=O)O)cc1. The van der Waals surface area contributed by atoms with Crippen molar-refractivity contribution in [2.24, 2.45) is 4.99 Å². The average molecular weight is 539 g/mol. The van der Waals surface area contributed by atoms with Crippen LogP contribution in [0.25, 0.3) is 16.8 Å². The van der Waals surface area contributed by atoms with Gasteiger partial charge in [-0.2, -0.15) is 0 Å². The van der Waals surface area contributed by atoms with Gasteiger partial charge in [-0.1, -0.05) is 48.5 Å². The molecule has 4 aromatic rings. The Balaban J connectivity index is 1.35. The van der Waals surface area contributed by atoms with Gasteiger partial charge < -0.3 is 14.6 Å². The minimum Gasteiger partial charge on any atom is -0.493 e. The second-order valence-electron chi connectivity index (χ2n) is 8.74. The molecular weight excluding hydrogens is 512 g/mol. The van der Waals surface area contributed by atoms with Crippen LogP contribution in [-0.4, -0.2) is 40.7 Å². The van der Waals surface area contributed by atoms with Gasteiger partial charge in [0.25, 0.3) is 5.91 Å². The number of hydrogen-bond donors (Lipinski definition) is 1. The maximum atomic E-state index is 13.1. The highest BCUT2D eigenvalue weighted by Crippen LogP contribution is 2.36. The highest BCUT2D eigenvalue weighted by Gasteiger charge is 2.32. The van der Waals surface area contributed by atoms with Crippen molar-refractivity contribution in [1.82, 2.24) is 4.90 Å². The van der Waals surface area contributed by atoms with Gasteiger partial charge in [0.2, 0.25) is 0 Å². The summed E-state index contributed by atoms with van der Waals surface area (Å²) in [7, 11) is 1.59. The zero-order valence-electron chi connectivity index (χ0n) is 21.5.